The summed E-state index contributed by atoms with van der Waals surface area (Å²) < 4.78 is 7.38. The molecule has 0 saturated heterocycles. The minimum absolute atomic E-state index is 0.847. The molecule has 1 aliphatic rings. The fourth-order valence-corrected chi connectivity index (χ4v) is 5.90. The van der Waals surface area contributed by atoms with Crippen molar-refractivity contribution in [3.63, 3.8) is 0 Å². The largest absolute Gasteiger partial charge is 0.361 e. The molecule has 0 saturated carbocycles. The molecule has 184 valence electrons. The predicted octanol–water partition coefficient (Wildman–Crippen LogP) is 5.51. The second kappa shape index (κ2) is 9.95. The van der Waals surface area contributed by atoms with E-state index in [2.05, 4.69) is 79.3 Å². The summed E-state index contributed by atoms with van der Waals surface area (Å²) in [6.45, 7) is 5.23. The van der Waals surface area contributed by atoms with E-state index in [-0.39, 0.29) is 0 Å². The first-order valence-corrected chi connectivity index (χ1v) is 13.5. The lowest BCUT2D eigenvalue weighted by Gasteiger charge is -2.19. The minimum Gasteiger partial charge on any atom is -0.361 e. The SMILES string of the molecule is Cc1cc(-c2ccc3c(c2)CCN(CCCSc2nnc(-c4cccc5[nH]ccc45)n2C)CC3)no1. The van der Waals surface area contributed by atoms with E-state index in [1.54, 1.807) is 11.8 Å². The zero-order valence-electron chi connectivity index (χ0n) is 20.7. The maximum absolute atomic E-state index is 5.27. The number of aromatic amines is 1. The van der Waals surface area contributed by atoms with Crippen LogP contribution in [-0.4, -0.2) is 55.2 Å². The molecule has 2 aromatic carbocycles. The molecule has 1 aliphatic heterocycles. The maximum Gasteiger partial charge on any atom is 0.191 e. The Morgan fingerprint density at radius 3 is 2.78 bits per heavy atom. The van der Waals surface area contributed by atoms with E-state index in [1.807, 2.05) is 19.2 Å². The smallest absolute Gasteiger partial charge is 0.191 e. The third-order valence-corrected chi connectivity index (χ3v) is 8.15. The average Bonchev–Trinajstić information content (AvgIpc) is 3.60. The topological polar surface area (TPSA) is 75.8 Å². The normalized spacial score (nSPS) is 14.3. The van der Waals surface area contributed by atoms with Crippen LogP contribution in [0.15, 0.2) is 64.4 Å². The molecule has 6 rings (SSSR count). The highest BCUT2D eigenvalue weighted by molar-refractivity contribution is 7.99. The van der Waals surface area contributed by atoms with Crippen LogP contribution in [0.3, 0.4) is 0 Å². The number of aromatic nitrogens is 5. The van der Waals surface area contributed by atoms with Crippen LogP contribution in [0.5, 0.6) is 0 Å². The molecule has 0 atom stereocenters. The highest BCUT2D eigenvalue weighted by Gasteiger charge is 2.17. The summed E-state index contributed by atoms with van der Waals surface area (Å²) in [4.78, 5) is 5.87. The summed E-state index contributed by atoms with van der Waals surface area (Å²) in [6.07, 6.45) is 5.26. The van der Waals surface area contributed by atoms with E-state index < -0.39 is 0 Å². The Morgan fingerprint density at radius 1 is 1.03 bits per heavy atom. The minimum atomic E-state index is 0.847. The van der Waals surface area contributed by atoms with Gasteiger partial charge in [0.1, 0.15) is 11.5 Å². The predicted molar refractivity (Wildman–Crippen MR) is 144 cm³/mol. The van der Waals surface area contributed by atoms with Crippen molar-refractivity contribution in [3.05, 3.63) is 71.6 Å². The van der Waals surface area contributed by atoms with E-state index in [0.29, 0.717) is 0 Å². The summed E-state index contributed by atoms with van der Waals surface area (Å²) in [5, 5.41) is 15.3. The molecule has 0 unspecified atom stereocenters. The van der Waals surface area contributed by atoms with Crippen molar-refractivity contribution in [2.24, 2.45) is 7.05 Å². The molecular weight excluding hydrogens is 468 g/mol. The second-order valence-electron chi connectivity index (χ2n) is 9.46. The quantitative estimate of drug-likeness (QED) is 0.236. The summed E-state index contributed by atoms with van der Waals surface area (Å²) in [7, 11) is 2.06. The van der Waals surface area contributed by atoms with E-state index >= 15 is 0 Å². The zero-order chi connectivity index (χ0) is 24.5. The van der Waals surface area contributed by atoms with Gasteiger partial charge in [-0.2, -0.15) is 0 Å². The van der Waals surface area contributed by atoms with Gasteiger partial charge in [-0.05, 0) is 62.1 Å². The van der Waals surface area contributed by atoms with Crippen LogP contribution >= 0.6 is 11.8 Å². The molecule has 0 aliphatic carbocycles. The molecule has 8 heteroatoms. The lowest BCUT2D eigenvalue weighted by molar-refractivity contribution is 0.289. The van der Waals surface area contributed by atoms with Gasteiger partial charge in [0.25, 0.3) is 0 Å². The fraction of sp³-hybridized carbons (Fsp3) is 0.321. The first kappa shape index (κ1) is 23.1. The zero-order valence-corrected chi connectivity index (χ0v) is 21.5. The van der Waals surface area contributed by atoms with Crippen molar-refractivity contribution < 1.29 is 4.52 Å². The summed E-state index contributed by atoms with van der Waals surface area (Å²) in [5.41, 5.74) is 7.20. The van der Waals surface area contributed by atoms with Gasteiger partial charge in [0.15, 0.2) is 11.0 Å². The monoisotopic (exact) mass is 498 g/mol. The first-order valence-electron chi connectivity index (χ1n) is 12.5. The number of benzene rings is 2. The Bertz CT molecular complexity index is 1500. The van der Waals surface area contributed by atoms with E-state index in [0.717, 1.165) is 83.7 Å². The van der Waals surface area contributed by atoms with Gasteiger partial charge in [-0.3, -0.25) is 0 Å². The summed E-state index contributed by atoms with van der Waals surface area (Å²) in [6, 6.07) is 17.1. The van der Waals surface area contributed by atoms with Gasteiger partial charge in [-0.25, -0.2) is 0 Å². The third kappa shape index (κ3) is 4.58. The number of nitrogens with zero attached hydrogens (tertiary/aromatic N) is 5. The van der Waals surface area contributed by atoms with Gasteiger partial charge < -0.3 is 19.0 Å². The van der Waals surface area contributed by atoms with Crippen molar-refractivity contribution in [3.8, 4) is 22.6 Å². The van der Waals surface area contributed by atoms with Crippen LogP contribution in [0.2, 0.25) is 0 Å². The Hall–Kier alpha value is -3.36. The van der Waals surface area contributed by atoms with Crippen LogP contribution in [0.25, 0.3) is 33.5 Å². The molecule has 0 fully saturated rings. The Kier molecular flexibility index (Phi) is 6.37. The molecule has 0 radical (unpaired) electrons. The lowest BCUT2D eigenvalue weighted by atomic mass is 9.99. The van der Waals surface area contributed by atoms with Gasteiger partial charge >= 0.3 is 0 Å². The number of hydrogen-bond donors (Lipinski definition) is 1. The van der Waals surface area contributed by atoms with Crippen LogP contribution in [0.1, 0.15) is 23.3 Å². The van der Waals surface area contributed by atoms with Crippen LogP contribution in [0.4, 0.5) is 0 Å². The molecule has 0 amide bonds. The highest BCUT2D eigenvalue weighted by atomic mass is 32.2. The summed E-state index contributed by atoms with van der Waals surface area (Å²) in [5.74, 6) is 2.78. The molecule has 3 aromatic heterocycles. The lowest BCUT2D eigenvalue weighted by Crippen LogP contribution is -2.27. The van der Waals surface area contributed by atoms with Gasteiger partial charge in [0, 0.05) is 60.2 Å². The fourth-order valence-electron chi connectivity index (χ4n) is 5.06. The van der Waals surface area contributed by atoms with Crippen LogP contribution in [-0.2, 0) is 19.9 Å². The number of H-pyrrole nitrogens is 1. The molecule has 36 heavy (non-hydrogen) atoms. The van der Waals surface area contributed by atoms with E-state index in [4.69, 9.17) is 4.52 Å². The second-order valence-corrected chi connectivity index (χ2v) is 10.5. The standard InChI is InChI=1S/C28H30N6OS/c1-19-17-26(32-35-19)22-8-7-20-10-14-34(15-11-21(20)18-22)13-4-16-36-28-31-30-27(33(28)2)24-5-3-6-25-23(24)9-12-29-25/h3,5-9,12,17-18,29H,4,10-11,13-16H2,1-2H3. The van der Waals surface area contributed by atoms with Crippen molar-refractivity contribution in [1.82, 2.24) is 29.8 Å². The highest BCUT2D eigenvalue weighted by Crippen LogP contribution is 2.29. The summed E-state index contributed by atoms with van der Waals surface area (Å²) >= 11 is 1.79. The van der Waals surface area contributed by atoms with Crippen LogP contribution in [0, 0.1) is 6.92 Å². The third-order valence-electron chi connectivity index (χ3n) is 7.05. The molecule has 0 bridgehead atoms. The Morgan fingerprint density at radius 2 is 1.92 bits per heavy atom. The average molecular weight is 499 g/mol. The Balaban J connectivity index is 1.03. The molecule has 4 heterocycles. The number of rotatable bonds is 7. The van der Waals surface area contributed by atoms with Gasteiger partial charge in [-0.15, -0.1) is 10.2 Å². The van der Waals surface area contributed by atoms with E-state index in [9.17, 15) is 0 Å². The number of hydrogen-bond acceptors (Lipinski definition) is 6. The van der Waals surface area contributed by atoms with Crippen molar-refractivity contribution in [2.75, 3.05) is 25.4 Å². The molecule has 5 aromatic rings. The number of thioether (sulfide) groups is 1. The van der Waals surface area contributed by atoms with E-state index in [1.165, 1.54) is 16.5 Å². The van der Waals surface area contributed by atoms with Crippen LogP contribution < -0.4 is 0 Å². The molecule has 0 spiro atoms. The maximum atomic E-state index is 5.27. The molecule has 1 N–H and O–H groups in total. The van der Waals surface area contributed by atoms with Gasteiger partial charge in [-0.1, -0.05) is 41.2 Å². The first-order chi connectivity index (χ1) is 17.7. The number of fused-ring (bicyclic) bond motifs is 2. The van der Waals surface area contributed by atoms with Crippen molar-refractivity contribution >= 4 is 22.7 Å². The van der Waals surface area contributed by atoms with Gasteiger partial charge in [0.05, 0.1) is 0 Å². The van der Waals surface area contributed by atoms with Crippen molar-refractivity contribution in [2.45, 2.75) is 31.3 Å². The van der Waals surface area contributed by atoms with Crippen molar-refractivity contribution in [1.29, 1.82) is 0 Å². The molecule has 7 nitrogen and oxygen atoms in total. The molecular formula is C28H30N6OS. The number of aryl methyl sites for hydroxylation is 1. The van der Waals surface area contributed by atoms with Gasteiger partial charge in [0.2, 0.25) is 0 Å². The number of nitrogens with one attached hydrogen (secondary N) is 1. The Labute approximate surface area is 214 Å².